The Labute approximate surface area is 160 Å². The maximum atomic E-state index is 12.3. The number of hydrogen-bond acceptors (Lipinski definition) is 4. The fourth-order valence-corrected chi connectivity index (χ4v) is 3.52. The van der Waals surface area contributed by atoms with Crippen LogP contribution >= 0.6 is 11.6 Å². The van der Waals surface area contributed by atoms with Gasteiger partial charge in [0.15, 0.2) is 0 Å². The lowest BCUT2D eigenvalue weighted by Crippen LogP contribution is -2.53. The molecule has 2 aliphatic rings. The Kier molecular flexibility index (Phi) is 7.41. The lowest BCUT2D eigenvalue weighted by atomic mass is 10.0. The van der Waals surface area contributed by atoms with Crippen LogP contribution in [0.5, 0.6) is 5.75 Å². The molecule has 0 spiro atoms. The van der Waals surface area contributed by atoms with Crippen LogP contribution in [0, 0.1) is 5.92 Å². The van der Waals surface area contributed by atoms with Crippen molar-refractivity contribution < 1.29 is 14.3 Å². The molecule has 144 valence electrons. The number of nitrogens with one attached hydrogen (secondary N) is 1. The van der Waals surface area contributed by atoms with Gasteiger partial charge in [-0.1, -0.05) is 23.7 Å². The van der Waals surface area contributed by atoms with E-state index in [2.05, 4.69) is 10.2 Å². The standard InChI is InChI=1S/C19H28ClN3O3/c20-17-5-1-2-6-18(17)26-13-11-22-7-9-23(10-8-22)19(24)21-14-16-4-3-12-25-15-16/h1-2,5-6,16H,3-4,7-15H2,(H,21,24)/t16-/m0/s1. The van der Waals surface area contributed by atoms with Crippen molar-refractivity contribution >= 4 is 17.6 Å². The average Bonchev–Trinajstić information content (AvgIpc) is 2.69. The summed E-state index contributed by atoms with van der Waals surface area (Å²) in [6, 6.07) is 7.55. The number of halogens is 1. The number of carbonyl (C=O) groups excluding carboxylic acids is 1. The van der Waals surface area contributed by atoms with Crippen molar-refractivity contribution in [2.45, 2.75) is 12.8 Å². The molecule has 2 fully saturated rings. The molecule has 0 unspecified atom stereocenters. The number of benzene rings is 1. The quantitative estimate of drug-likeness (QED) is 0.822. The minimum absolute atomic E-state index is 0.0440. The summed E-state index contributed by atoms with van der Waals surface area (Å²) in [7, 11) is 0. The Morgan fingerprint density at radius 3 is 2.81 bits per heavy atom. The number of carbonyl (C=O) groups is 1. The highest BCUT2D eigenvalue weighted by molar-refractivity contribution is 6.32. The highest BCUT2D eigenvalue weighted by Crippen LogP contribution is 2.22. The van der Waals surface area contributed by atoms with Crippen molar-refractivity contribution in [3.05, 3.63) is 29.3 Å². The van der Waals surface area contributed by atoms with E-state index < -0.39 is 0 Å². The van der Waals surface area contributed by atoms with E-state index in [0.29, 0.717) is 24.1 Å². The van der Waals surface area contributed by atoms with Gasteiger partial charge in [-0.05, 0) is 30.9 Å². The minimum atomic E-state index is 0.0440. The van der Waals surface area contributed by atoms with E-state index in [1.54, 1.807) is 0 Å². The molecule has 2 aliphatic heterocycles. The van der Waals surface area contributed by atoms with Gasteiger partial charge in [0.05, 0.1) is 11.6 Å². The molecule has 3 rings (SSSR count). The number of hydrogen-bond donors (Lipinski definition) is 1. The van der Waals surface area contributed by atoms with Crippen molar-refractivity contribution in [3.8, 4) is 5.75 Å². The average molecular weight is 382 g/mol. The third-order valence-electron chi connectivity index (χ3n) is 4.96. The Hall–Kier alpha value is -1.50. The molecule has 1 aromatic rings. The van der Waals surface area contributed by atoms with E-state index in [4.69, 9.17) is 21.1 Å². The van der Waals surface area contributed by atoms with E-state index in [1.807, 2.05) is 29.2 Å². The van der Waals surface area contributed by atoms with Crippen LogP contribution in [-0.2, 0) is 4.74 Å². The summed E-state index contributed by atoms with van der Waals surface area (Å²) >= 11 is 6.09. The first-order chi connectivity index (χ1) is 12.7. The van der Waals surface area contributed by atoms with E-state index >= 15 is 0 Å². The number of nitrogens with zero attached hydrogens (tertiary/aromatic N) is 2. The Morgan fingerprint density at radius 1 is 1.27 bits per heavy atom. The van der Waals surface area contributed by atoms with Gasteiger partial charge < -0.3 is 19.7 Å². The molecule has 2 amide bonds. The second-order valence-electron chi connectivity index (χ2n) is 6.88. The molecule has 1 aromatic carbocycles. The van der Waals surface area contributed by atoms with Crippen LogP contribution in [0.1, 0.15) is 12.8 Å². The summed E-state index contributed by atoms with van der Waals surface area (Å²) in [5, 5.41) is 3.69. The first-order valence-electron chi connectivity index (χ1n) is 9.42. The fraction of sp³-hybridized carbons (Fsp3) is 0.632. The number of amides is 2. The first-order valence-corrected chi connectivity index (χ1v) is 9.80. The number of ether oxygens (including phenoxy) is 2. The van der Waals surface area contributed by atoms with E-state index in [1.165, 1.54) is 0 Å². The lowest BCUT2D eigenvalue weighted by Gasteiger charge is -2.35. The Morgan fingerprint density at radius 2 is 2.08 bits per heavy atom. The molecule has 1 N–H and O–H groups in total. The second-order valence-corrected chi connectivity index (χ2v) is 7.28. The molecule has 6 nitrogen and oxygen atoms in total. The third-order valence-corrected chi connectivity index (χ3v) is 5.27. The number of para-hydroxylation sites is 1. The normalized spacial score (nSPS) is 21.4. The van der Waals surface area contributed by atoms with E-state index in [-0.39, 0.29) is 6.03 Å². The number of urea groups is 1. The van der Waals surface area contributed by atoms with Crippen LogP contribution < -0.4 is 10.1 Å². The molecule has 2 saturated heterocycles. The topological polar surface area (TPSA) is 54.0 Å². The lowest BCUT2D eigenvalue weighted by molar-refractivity contribution is 0.0546. The zero-order chi connectivity index (χ0) is 18.2. The van der Waals surface area contributed by atoms with Crippen molar-refractivity contribution in [2.24, 2.45) is 5.92 Å². The van der Waals surface area contributed by atoms with Crippen molar-refractivity contribution in [1.82, 2.24) is 15.1 Å². The van der Waals surface area contributed by atoms with Gasteiger partial charge in [-0.2, -0.15) is 0 Å². The molecular weight excluding hydrogens is 354 g/mol. The molecule has 1 atom stereocenters. The molecule has 26 heavy (non-hydrogen) atoms. The van der Waals surface area contributed by atoms with Gasteiger partial charge in [-0.25, -0.2) is 4.79 Å². The van der Waals surface area contributed by atoms with Gasteiger partial charge in [0.25, 0.3) is 0 Å². The zero-order valence-corrected chi connectivity index (χ0v) is 15.9. The van der Waals surface area contributed by atoms with Gasteiger partial charge in [0, 0.05) is 45.9 Å². The second kappa shape index (κ2) is 10.00. The fourth-order valence-electron chi connectivity index (χ4n) is 3.33. The molecule has 0 bridgehead atoms. The molecule has 0 saturated carbocycles. The van der Waals surface area contributed by atoms with Gasteiger partial charge in [0.2, 0.25) is 0 Å². The van der Waals surface area contributed by atoms with Gasteiger partial charge in [-0.15, -0.1) is 0 Å². The summed E-state index contributed by atoms with van der Waals surface area (Å²) in [6.07, 6.45) is 2.23. The smallest absolute Gasteiger partial charge is 0.317 e. The van der Waals surface area contributed by atoms with Crippen LogP contribution in [0.2, 0.25) is 5.02 Å². The summed E-state index contributed by atoms with van der Waals surface area (Å²) in [6.45, 7) is 6.99. The monoisotopic (exact) mass is 381 g/mol. The third kappa shape index (κ3) is 5.76. The zero-order valence-electron chi connectivity index (χ0n) is 15.2. The van der Waals surface area contributed by atoms with Crippen LogP contribution in [-0.4, -0.2) is 74.9 Å². The summed E-state index contributed by atoms with van der Waals surface area (Å²) in [5.74, 6) is 1.18. The maximum absolute atomic E-state index is 12.3. The van der Waals surface area contributed by atoms with Crippen LogP contribution in [0.25, 0.3) is 0 Å². The van der Waals surface area contributed by atoms with Crippen molar-refractivity contribution in [1.29, 1.82) is 0 Å². The molecular formula is C19H28ClN3O3. The predicted octanol–water partition coefficient (Wildman–Crippen LogP) is 2.47. The van der Waals surface area contributed by atoms with Gasteiger partial charge in [0.1, 0.15) is 12.4 Å². The molecule has 7 heteroatoms. The number of rotatable bonds is 6. The largest absolute Gasteiger partial charge is 0.491 e. The molecule has 0 aromatic heterocycles. The number of piperazine rings is 1. The molecule has 2 heterocycles. The van der Waals surface area contributed by atoms with E-state index in [9.17, 15) is 4.79 Å². The summed E-state index contributed by atoms with van der Waals surface area (Å²) in [5.41, 5.74) is 0. The summed E-state index contributed by atoms with van der Waals surface area (Å²) in [4.78, 5) is 16.5. The SMILES string of the molecule is O=C(NC[C@@H]1CCCOC1)N1CCN(CCOc2ccccc2Cl)CC1. The predicted molar refractivity (Wildman–Crippen MR) is 102 cm³/mol. The maximum Gasteiger partial charge on any atom is 0.317 e. The van der Waals surface area contributed by atoms with Gasteiger partial charge >= 0.3 is 6.03 Å². The van der Waals surface area contributed by atoms with Gasteiger partial charge in [-0.3, -0.25) is 4.90 Å². The van der Waals surface area contributed by atoms with Crippen LogP contribution in [0.4, 0.5) is 4.79 Å². The Balaban J connectivity index is 1.31. The van der Waals surface area contributed by atoms with Crippen LogP contribution in [0.3, 0.4) is 0 Å². The van der Waals surface area contributed by atoms with Crippen LogP contribution in [0.15, 0.2) is 24.3 Å². The summed E-state index contributed by atoms with van der Waals surface area (Å²) < 4.78 is 11.2. The van der Waals surface area contributed by atoms with E-state index in [0.717, 1.165) is 64.5 Å². The first kappa shape index (κ1) is 19.3. The molecule has 0 radical (unpaired) electrons. The molecule has 0 aliphatic carbocycles. The van der Waals surface area contributed by atoms with Crippen molar-refractivity contribution in [2.75, 3.05) is 59.1 Å². The minimum Gasteiger partial charge on any atom is -0.491 e. The highest BCUT2D eigenvalue weighted by atomic mass is 35.5. The highest BCUT2D eigenvalue weighted by Gasteiger charge is 2.22. The Bertz CT molecular complexity index is 573. The van der Waals surface area contributed by atoms with Crippen molar-refractivity contribution in [3.63, 3.8) is 0 Å².